The minimum atomic E-state index is -0.490. The number of aliphatic imine (C=N–C) groups is 1. The highest BCUT2D eigenvalue weighted by Gasteiger charge is 2.44. The lowest BCUT2D eigenvalue weighted by Crippen LogP contribution is -2.38. The Balaban J connectivity index is 1.54. The molecule has 0 radical (unpaired) electrons. The third-order valence-corrected chi connectivity index (χ3v) is 5.09. The summed E-state index contributed by atoms with van der Waals surface area (Å²) in [6.45, 7) is 4.11. The number of hydrogen-bond acceptors (Lipinski definition) is 2. The number of rotatable bonds is 8. The minimum absolute atomic E-state index is 0.0413. The summed E-state index contributed by atoms with van der Waals surface area (Å²) in [4.78, 5) is 4.74. The topological polar surface area (TPSA) is 56.7 Å². The molecule has 0 spiro atoms. The molecular weight excluding hydrogens is 341 g/mol. The van der Waals surface area contributed by atoms with E-state index < -0.39 is 6.10 Å². The predicted molar refractivity (Wildman–Crippen MR) is 107 cm³/mol. The van der Waals surface area contributed by atoms with Gasteiger partial charge in [0, 0.05) is 18.5 Å². The number of guanidine groups is 1. The fourth-order valence-electron chi connectivity index (χ4n) is 3.23. The second kappa shape index (κ2) is 9.00. The van der Waals surface area contributed by atoms with E-state index in [2.05, 4.69) is 10.6 Å². The Morgan fingerprint density at radius 2 is 1.81 bits per heavy atom. The molecule has 1 unspecified atom stereocenters. The van der Waals surface area contributed by atoms with Crippen LogP contribution in [0.2, 0.25) is 0 Å². The molecular formula is C22H28FN3O. The van der Waals surface area contributed by atoms with E-state index in [-0.39, 0.29) is 11.2 Å². The van der Waals surface area contributed by atoms with Crippen molar-refractivity contribution in [3.63, 3.8) is 0 Å². The van der Waals surface area contributed by atoms with Gasteiger partial charge in [0.25, 0.3) is 0 Å². The van der Waals surface area contributed by atoms with Gasteiger partial charge in [-0.25, -0.2) is 4.39 Å². The minimum Gasteiger partial charge on any atom is -0.388 e. The van der Waals surface area contributed by atoms with E-state index in [0.29, 0.717) is 19.5 Å². The fraction of sp³-hybridized carbons (Fsp3) is 0.409. The lowest BCUT2D eigenvalue weighted by molar-refractivity contribution is 0.168. The lowest BCUT2D eigenvalue weighted by atomic mass is 9.96. The first-order chi connectivity index (χ1) is 13.1. The van der Waals surface area contributed by atoms with Gasteiger partial charge < -0.3 is 15.7 Å². The molecule has 1 saturated carbocycles. The quantitative estimate of drug-likeness (QED) is 0.493. The number of aliphatic hydroxyl groups is 1. The maximum Gasteiger partial charge on any atom is 0.191 e. The summed E-state index contributed by atoms with van der Waals surface area (Å²) in [5.74, 6) is 0.552. The molecule has 1 fully saturated rings. The molecule has 1 atom stereocenters. The van der Waals surface area contributed by atoms with Crippen LogP contribution in [0.3, 0.4) is 0 Å². The highest BCUT2D eigenvalue weighted by molar-refractivity contribution is 5.79. The summed E-state index contributed by atoms with van der Waals surface area (Å²) in [5, 5.41) is 16.8. The summed E-state index contributed by atoms with van der Waals surface area (Å²) in [7, 11) is 0. The molecule has 0 aliphatic heterocycles. The Labute approximate surface area is 160 Å². The van der Waals surface area contributed by atoms with Crippen molar-refractivity contribution in [3.05, 3.63) is 71.5 Å². The number of aliphatic hydroxyl groups excluding tert-OH is 1. The van der Waals surface area contributed by atoms with E-state index in [9.17, 15) is 9.50 Å². The van der Waals surface area contributed by atoms with E-state index in [1.807, 2.05) is 49.4 Å². The molecule has 0 amide bonds. The standard InChI is InChI=1S/C22H28FN3O/c1-2-24-21(25-15-12-20(27)17-6-4-3-5-7-17)26-16-22(13-14-22)18-8-10-19(23)11-9-18/h3-11,20,27H,2,12-16H2,1H3,(H2,24,25,26). The van der Waals surface area contributed by atoms with Crippen molar-refractivity contribution in [2.24, 2.45) is 4.99 Å². The first-order valence-corrected chi connectivity index (χ1v) is 9.64. The smallest absolute Gasteiger partial charge is 0.191 e. The second-order valence-corrected chi connectivity index (χ2v) is 7.12. The molecule has 3 rings (SSSR count). The van der Waals surface area contributed by atoms with Gasteiger partial charge in [0.2, 0.25) is 0 Å². The van der Waals surface area contributed by atoms with Crippen LogP contribution in [-0.2, 0) is 5.41 Å². The van der Waals surface area contributed by atoms with Crippen LogP contribution in [0.4, 0.5) is 4.39 Å². The van der Waals surface area contributed by atoms with E-state index >= 15 is 0 Å². The molecule has 2 aromatic carbocycles. The van der Waals surface area contributed by atoms with Crippen LogP contribution < -0.4 is 10.6 Å². The molecule has 0 aromatic heterocycles. The third kappa shape index (κ3) is 5.30. The highest BCUT2D eigenvalue weighted by atomic mass is 19.1. The average Bonchev–Trinajstić information content (AvgIpc) is 3.48. The Morgan fingerprint density at radius 3 is 2.44 bits per heavy atom. The highest BCUT2D eigenvalue weighted by Crippen LogP contribution is 2.48. The zero-order valence-electron chi connectivity index (χ0n) is 15.8. The summed E-state index contributed by atoms with van der Waals surface area (Å²) in [6.07, 6.45) is 2.27. The van der Waals surface area contributed by atoms with E-state index in [1.54, 1.807) is 0 Å². The molecule has 1 aliphatic carbocycles. The van der Waals surface area contributed by atoms with Crippen LogP contribution in [0, 0.1) is 5.82 Å². The van der Waals surface area contributed by atoms with Gasteiger partial charge in [-0.2, -0.15) is 0 Å². The summed E-state index contributed by atoms with van der Waals surface area (Å²) < 4.78 is 13.2. The van der Waals surface area contributed by atoms with Gasteiger partial charge in [-0.05, 0) is 49.4 Å². The number of hydrogen-bond donors (Lipinski definition) is 3. The summed E-state index contributed by atoms with van der Waals surface area (Å²) >= 11 is 0. The Bertz CT molecular complexity index is 742. The van der Waals surface area contributed by atoms with Crippen LogP contribution in [0.15, 0.2) is 59.6 Å². The third-order valence-electron chi connectivity index (χ3n) is 5.09. The Morgan fingerprint density at radius 1 is 1.11 bits per heavy atom. The molecule has 2 aromatic rings. The molecule has 3 N–H and O–H groups in total. The van der Waals surface area contributed by atoms with Crippen molar-refractivity contribution in [2.45, 2.75) is 37.7 Å². The largest absolute Gasteiger partial charge is 0.388 e. The van der Waals surface area contributed by atoms with E-state index in [4.69, 9.17) is 4.99 Å². The molecule has 0 bridgehead atoms. The first kappa shape index (κ1) is 19.4. The van der Waals surface area contributed by atoms with Crippen molar-refractivity contribution in [1.29, 1.82) is 0 Å². The number of benzene rings is 2. The van der Waals surface area contributed by atoms with Gasteiger partial charge in [0.15, 0.2) is 5.96 Å². The van der Waals surface area contributed by atoms with Gasteiger partial charge in [-0.15, -0.1) is 0 Å². The van der Waals surface area contributed by atoms with Crippen molar-refractivity contribution in [1.82, 2.24) is 10.6 Å². The van der Waals surface area contributed by atoms with Crippen LogP contribution in [-0.4, -0.2) is 30.7 Å². The zero-order chi connectivity index (χ0) is 19.1. The number of nitrogens with one attached hydrogen (secondary N) is 2. The van der Waals surface area contributed by atoms with Crippen LogP contribution >= 0.6 is 0 Å². The van der Waals surface area contributed by atoms with E-state index in [0.717, 1.165) is 36.5 Å². The Hall–Kier alpha value is -2.40. The molecule has 0 saturated heterocycles. The van der Waals surface area contributed by atoms with Crippen LogP contribution in [0.5, 0.6) is 0 Å². The average molecular weight is 369 g/mol. The van der Waals surface area contributed by atoms with Crippen LogP contribution in [0.25, 0.3) is 0 Å². The van der Waals surface area contributed by atoms with Gasteiger partial charge in [-0.3, -0.25) is 4.99 Å². The van der Waals surface area contributed by atoms with Gasteiger partial charge in [-0.1, -0.05) is 42.5 Å². The number of halogens is 1. The summed E-state index contributed by atoms with van der Waals surface area (Å²) in [5.41, 5.74) is 2.12. The van der Waals surface area contributed by atoms with Crippen molar-refractivity contribution >= 4 is 5.96 Å². The number of nitrogens with zero attached hydrogens (tertiary/aromatic N) is 1. The second-order valence-electron chi connectivity index (χ2n) is 7.12. The predicted octanol–water partition coefficient (Wildman–Crippen LogP) is 3.54. The van der Waals surface area contributed by atoms with E-state index in [1.165, 1.54) is 12.1 Å². The molecule has 0 heterocycles. The maximum absolute atomic E-state index is 13.2. The lowest BCUT2D eigenvalue weighted by Gasteiger charge is -2.17. The van der Waals surface area contributed by atoms with Crippen LogP contribution in [0.1, 0.15) is 43.4 Å². The van der Waals surface area contributed by atoms with Gasteiger partial charge in [0.05, 0.1) is 12.6 Å². The zero-order valence-corrected chi connectivity index (χ0v) is 15.8. The van der Waals surface area contributed by atoms with Crippen molar-refractivity contribution in [2.75, 3.05) is 19.6 Å². The normalized spacial score (nSPS) is 16.6. The first-order valence-electron chi connectivity index (χ1n) is 9.64. The Kier molecular flexibility index (Phi) is 6.45. The molecule has 27 heavy (non-hydrogen) atoms. The SMILES string of the molecule is CCNC(=NCC1(c2ccc(F)cc2)CC1)NCCC(O)c1ccccc1. The van der Waals surface area contributed by atoms with Gasteiger partial charge in [0.1, 0.15) is 5.82 Å². The van der Waals surface area contributed by atoms with Gasteiger partial charge >= 0.3 is 0 Å². The molecule has 5 heteroatoms. The van der Waals surface area contributed by atoms with Crippen molar-refractivity contribution < 1.29 is 9.50 Å². The molecule has 4 nitrogen and oxygen atoms in total. The monoisotopic (exact) mass is 369 g/mol. The fourth-order valence-corrected chi connectivity index (χ4v) is 3.23. The van der Waals surface area contributed by atoms with Crippen molar-refractivity contribution in [3.8, 4) is 0 Å². The molecule has 1 aliphatic rings. The molecule has 144 valence electrons. The summed E-state index contributed by atoms with van der Waals surface area (Å²) in [6, 6.07) is 16.5. The maximum atomic E-state index is 13.2.